The highest BCUT2D eigenvalue weighted by Gasteiger charge is 2.31. The normalized spacial score (nSPS) is 15.8. The van der Waals surface area contributed by atoms with Crippen molar-refractivity contribution in [1.82, 2.24) is 0 Å². The van der Waals surface area contributed by atoms with Crippen molar-refractivity contribution in [2.75, 3.05) is 18.5 Å². The molecule has 0 spiro atoms. The maximum absolute atomic E-state index is 12.6. The third-order valence-electron chi connectivity index (χ3n) is 4.78. The number of ether oxygens (including phenoxy) is 1. The van der Waals surface area contributed by atoms with Crippen molar-refractivity contribution in [2.24, 2.45) is 0 Å². The Hall–Kier alpha value is -3.02. The van der Waals surface area contributed by atoms with Crippen LogP contribution in [0.15, 0.2) is 60.2 Å². The second kappa shape index (κ2) is 6.55. The highest BCUT2D eigenvalue weighted by molar-refractivity contribution is 6.15. The largest absolute Gasteiger partial charge is 0.573 e. The van der Waals surface area contributed by atoms with Gasteiger partial charge in [-0.25, -0.2) is 0 Å². The minimum atomic E-state index is -4.73. The van der Waals surface area contributed by atoms with Crippen LogP contribution >= 0.6 is 0 Å². The van der Waals surface area contributed by atoms with Crippen molar-refractivity contribution in [3.05, 3.63) is 77.7 Å². The Labute approximate surface area is 160 Å². The summed E-state index contributed by atoms with van der Waals surface area (Å²) in [5.74, 6) is -0.338. The minimum Gasteiger partial charge on any atom is -0.406 e. The number of ketones is 1. The molecule has 1 heterocycles. The lowest BCUT2D eigenvalue weighted by Crippen LogP contribution is -2.27. The molecule has 28 heavy (non-hydrogen) atoms. The van der Waals surface area contributed by atoms with E-state index in [1.54, 1.807) is 30.7 Å². The van der Waals surface area contributed by atoms with Crippen LogP contribution in [0, 0.1) is 6.42 Å². The number of benzene rings is 2. The highest BCUT2D eigenvalue weighted by atomic mass is 19.4. The zero-order valence-corrected chi connectivity index (χ0v) is 15.1. The fraction of sp³-hybridized carbons (Fsp3) is 0.182. The van der Waals surface area contributed by atoms with Crippen LogP contribution in [0.1, 0.15) is 15.9 Å². The van der Waals surface area contributed by atoms with Gasteiger partial charge in [0.05, 0.1) is 0 Å². The first-order valence-electron chi connectivity index (χ1n) is 8.72. The molecule has 2 aliphatic rings. The second-order valence-corrected chi connectivity index (χ2v) is 6.99. The van der Waals surface area contributed by atoms with Gasteiger partial charge in [-0.05, 0) is 47.4 Å². The van der Waals surface area contributed by atoms with Gasteiger partial charge >= 0.3 is 6.36 Å². The Kier molecular flexibility index (Phi) is 4.29. The van der Waals surface area contributed by atoms with E-state index in [0.29, 0.717) is 24.1 Å². The van der Waals surface area contributed by atoms with Crippen molar-refractivity contribution < 1.29 is 22.7 Å². The van der Waals surface area contributed by atoms with E-state index in [1.807, 2.05) is 18.0 Å². The number of likely N-dealkylation sites (N-methyl/N-ethyl adjacent to an activating group) is 1. The van der Waals surface area contributed by atoms with Gasteiger partial charge in [0.1, 0.15) is 5.75 Å². The quantitative estimate of drug-likeness (QED) is 0.541. The highest BCUT2D eigenvalue weighted by Crippen LogP contribution is 2.39. The zero-order valence-electron chi connectivity index (χ0n) is 15.1. The Bertz CT molecular complexity index is 1000. The van der Waals surface area contributed by atoms with Gasteiger partial charge in [0.25, 0.3) is 0 Å². The fourth-order valence-electron chi connectivity index (χ4n) is 3.49. The number of carbonyl (C=O) groups excluding carboxylic acids is 1. The van der Waals surface area contributed by atoms with Gasteiger partial charge in [-0.15, -0.1) is 13.2 Å². The number of carbonyl (C=O) groups is 1. The molecule has 4 rings (SSSR count). The average molecular weight is 384 g/mol. The summed E-state index contributed by atoms with van der Waals surface area (Å²) in [5, 5.41) is 0. The van der Waals surface area contributed by atoms with Crippen LogP contribution in [-0.2, 0) is 6.42 Å². The van der Waals surface area contributed by atoms with Crippen LogP contribution in [0.25, 0.3) is 11.1 Å². The molecule has 0 atom stereocenters. The molecule has 0 N–H and O–H groups in total. The molecule has 2 aromatic carbocycles. The van der Waals surface area contributed by atoms with Crippen LogP contribution in [0.4, 0.5) is 18.9 Å². The fourth-order valence-corrected chi connectivity index (χ4v) is 3.49. The molecule has 0 aromatic heterocycles. The number of rotatable bonds is 4. The summed E-state index contributed by atoms with van der Waals surface area (Å²) in [6, 6.07) is 9.39. The number of nitrogens with zero attached hydrogens (tertiary/aromatic N) is 1. The van der Waals surface area contributed by atoms with E-state index in [1.165, 1.54) is 12.1 Å². The lowest BCUT2D eigenvalue weighted by molar-refractivity contribution is -0.274. The maximum atomic E-state index is 12.6. The topological polar surface area (TPSA) is 29.5 Å². The van der Waals surface area contributed by atoms with E-state index in [4.69, 9.17) is 0 Å². The zero-order chi connectivity index (χ0) is 20.1. The third kappa shape index (κ3) is 3.67. The van der Waals surface area contributed by atoms with Crippen LogP contribution in [0.5, 0.6) is 5.75 Å². The molecule has 1 aliphatic carbocycles. The Morgan fingerprint density at radius 1 is 1.18 bits per heavy atom. The van der Waals surface area contributed by atoms with E-state index in [9.17, 15) is 18.0 Å². The van der Waals surface area contributed by atoms with Gasteiger partial charge in [0, 0.05) is 36.8 Å². The molecular formula is C22H17F3NO2. The molecule has 0 saturated heterocycles. The van der Waals surface area contributed by atoms with E-state index in [2.05, 4.69) is 11.3 Å². The van der Waals surface area contributed by atoms with Crippen LogP contribution in [0.2, 0.25) is 0 Å². The monoisotopic (exact) mass is 384 g/mol. The molecule has 0 unspecified atom stereocenters. The van der Waals surface area contributed by atoms with Crippen molar-refractivity contribution in [2.45, 2.75) is 12.8 Å². The van der Waals surface area contributed by atoms with Crippen molar-refractivity contribution in [1.29, 1.82) is 0 Å². The Balaban J connectivity index is 1.79. The predicted octanol–water partition coefficient (Wildman–Crippen LogP) is 5.13. The first kappa shape index (κ1) is 18.3. The summed E-state index contributed by atoms with van der Waals surface area (Å²) in [6.45, 7) is 4.77. The number of alkyl halides is 3. The third-order valence-corrected chi connectivity index (χ3v) is 4.78. The SMILES string of the molecule is C=C1Cc2c(-c3ccc(OC(F)(F)F)cc3)cc(C(=O)C3=C[CH]3)cc2N(C)C1. The summed E-state index contributed by atoms with van der Waals surface area (Å²) in [5.41, 5.74) is 5.74. The van der Waals surface area contributed by atoms with E-state index in [-0.39, 0.29) is 11.5 Å². The van der Waals surface area contributed by atoms with E-state index < -0.39 is 6.36 Å². The van der Waals surface area contributed by atoms with Crippen molar-refractivity contribution >= 4 is 11.5 Å². The standard InChI is InChI=1S/C22H17F3NO2/c1-13-9-19-18(14-5-7-17(8-6-14)28-22(23,24)25)10-16(21(27)15-3-4-15)11-20(19)26(2)12-13/h3-8,10-11H,1,9,12H2,2H3. The number of anilines is 1. The van der Waals surface area contributed by atoms with E-state index >= 15 is 0 Å². The molecule has 0 bridgehead atoms. The van der Waals surface area contributed by atoms with Gasteiger partial charge in [0.15, 0.2) is 5.78 Å². The van der Waals surface area contributed by atoms with Gasteiger partial charge in [-0.3, -0.25) is 4.79 Å². The number of fused-ring (bicyclic) bond motifs is 1. The summed E-state index contributed by atoms with van der Waals surface area (Å²) in [4.78, 5) is 14.6. The van der Waals surface area contributed by atoms with Gasteiger partial charge < -0.3 is 9.64 Å². The molecule has 6 heteroatoms. The van der Waals surface area contributed by atoms with Crippen molar-refractivity contribution in [3.63, 3.8) is 0 Å². The molecule has 1 radical (unpaired) electrons. The summed E-state index contributed by atoms with van der Waals surface area (Å²) >= 11 is 0. The number of hydrogen-bond donors (Lipinski definition) is 0. The first-order valence-corrected chi connectivity index (χ1v) is 8.72. The first-order chi connectivity index (χ1) is 13.2. The minimum absolute atomic E-state index is 0.0566. The van der Waals surface area contributed by atoms with Crippen LogP contribution in [0.3, 0.4) is 0 Å². The number of allylic oxidation sites excluding steroid dienone is 2. The predicted molar refractivity (Wildman–Crippen MR) is 101 cm³/mol. The maximum Gasteiger partial charge on any atom is 0.573 e. The molecule has 1 aliphatic heterocycles. The number of hydrogen-bond acceptors (Lipinski definition) is 3. The molecule has 2 aromatic rings. The summed E-state index contributed by atoms with van der Waals surface area (Å²) in [7, 11) is 1.93. The number of Topliss-reactive ketones (excluding diaryl/α,β-unsaturated/α-hetero) is 1. The van der Waals surface area contributed by atoms with Crippen LogP contribution < -0.4 is 9.64 Å². The summed E-state index contributed by atoms with van der Waals surface area (Å²) in [6.07, 6.45) is -0.562. The summed E-state index contributed by atoms with van der Waals surface area (Å²) < 4.78 is 41.2. The number of halogens is 3. The van der Waals surface area contributed by atoms with Gasteiger partial charge in [-0.1, -0.05) is 30.4 Å². The Morgan fingerprint density at radius 3 is 2.46 bits per heavy atom. The lowest BCUT2D eigenvalue weighted by Gasteiger charge is -2.31. The lowest BCUT2D eigenvalue weighted by atomic mass is 9.88. The molecule has 0 amide bonds. The molecule has 143 valence electrons. The molecule has 0 saturated carbocycles. The molecule has 0 fully saturated rings. The van der Waals surface area contributed by atoms with Crippen LogP contribution in [-0.4, -0.2) is 25.7 Å². The molecular weight excluding hydrogens is 367 g/mol. The van der Waals surface area contributed by atoms with Crippen molar-refractivity contribution in [3.8, 4) is 16.9 Å². The van der Waals surface area contributed by atoms with Gasteiger partial charge in [-0.2, -0.15) is 0 Å². The van der Waals surface area contributed by atoms with E-state index in [0.717, 1.165) is 28.0 Å². The smallest absolute Gasteiger partial charge is 0.406 e. The molecule has 3 nitrogen and oxygen atoms in total. The average Bonchev–Trinajstić information content (AvgIpc) is 3.45. The second-order valence-electron chi connectivity index (χ2n) is 6.99. The Morgan fingerprint density at radius 2 is 1.86 bits per heavy atom. The van der Waals surface area contributed by atoms with Gasteiger partial charge in [0.2, 0.25) is 0 Å².